The number of likely N-dealkylation sites (N-methyl/N-ethyl adjacent to an activating group) is 2. The minimum atomic E-state index is -4.36. The Kier molecular flexibility index (Phi) is 19.0. The van der Waals surface area contributed by atoms with Crippen LogP contribution in [0.25, 0.3) is 0 Å². The molecule has 1 aromatic rings. The molecule has 0 unspecified atom stereocenters. The van der Waals surface area contributed by atoms with Crippen LogP contribution in [0.4, 0.5) is 13.2 Å². The molecule has 1 saturated carbocycles. The number of aliphatic hydroxyl groups is 2. The van der Waals surface area contributed by atoms with Crippen molar-refractivity contribution in [1.82, 2.24) is 20.4 Å². The monoisotopic (exact) mass is 704 g/mol. The van der Waals surface area contributed by atoms with E-state index < -0.39 is 60.7 Å². The summed E-state index contributed by atoms with van der Waals surface area (Å²) in [6, 6.07) is 7.19. The first-order valence-corrected chi connectivity index (χ1v) is 17.6. The number of benzene rings is 1. The Morgan fingerprint density at radius 1 is 1.02 bits per heavy atom. The smallest absolute Gasteiger partial charge is 0.390 e. The Balaban J connectivity index is 2.23. The highest BCUT2D eigenvalue weighted by Crippen LogP contribution is 2.29. The van der Waals surface area contributed by atoms with Gasteiger partial charge in [-0.05, 0) is 51.1 Å². The molecule has 0 heterocycles. The van der Waals surface area contributed by atoms with Gasteiger partial charge >= 0.3 is 6.18 Å². The number of nitrogens with zero attached hydrogens (tertiary/aromatic N) is 2. The number of amides is 3. The summed E-state index contributed by atoms with van der Waals surface area (Å²) in [4.78, 5) is 43.3. The number of hydrogen-bond donors (Lipinski definition) is 4. The molecular formula is C38H55F3N4O5. The second kappa shape index (κ2) is 22.3. The van der Waals surface area contributed by atoms with E-state index in [1.807, 2.05) is 18.2 Å². The molecule has 1 aliphatic rings. The fourth-order valence-electron chi connectivity index (χ4n) is 6.26. The second-order valence-electron chi connectivity index (χ2n) is 13.5. The molecule has 1 fully saturated rings. The first kappa shape index (κ1) is 42.6. The van der Waals surface area contributed by atoms with Crippen molar-refractivity contribution in [3.63, 3.8) is 0 Å². The van der Waals surface area contributed by atoms with Crippen molar-refractivity contribution in [3.05, 3.63) is 35.9 Å². The van der Waals surface area contributed by atoms with Gasteiger partial charge < -0.3 is 25.7 Å². The topological polar surface area (TPSA) is 122 Å². The highest BCUT2D eigenvalue weighted by molar-refractivity contribution is 5.91. The number of terminal acetylenes is 1. The summed E-state index contributed by atoms with van der Waals surface area (Å²) in [6.45, 7) is 0.516. The molecule has 0 bridgehead atoms. The maximum Gasteiger partial charge on any atom is 0.401 e. The average molecular weight is 705 g/mol. The number of carbonyl (C=O) groups is 3. The Labute approximate surface area is 295 Å². The Bertz CT molecular complexity index is 1290. The molecule has 0 aliphatic heterocycles. The largest absolute Gasteiger partial charge is 0.401 e. The third kappa shape index (κ3) is 16.4. The number of unbranched alkanes of at least 4 members (excludes halogenated alkanes) is 1. The van der Waals surface area contributed by atoms with Crippen LogP contribution < -0.4 is 10.6 Å². The van der Waals surface area contributed by atoms with Crippen LogP contribution in [0.2, 0.25) is 0 Å². The molecule has 2 rings (SSSR count). The summed E-state index contributed by atoms with van der Waals surface area (Å²) in [7, 11) is 2.80. The van der Waals surface area contributed by atoms with Crippen LogP contribution >= 0.6 is 0 Å². The van der Waals surface area contributed by atoms with Gasteiger partial charge in [0.05, 0.1) is 30.7 Å². The SMILES string of the molecule is C#CCCC[C@H](O)[C@H](O)[C@H](CC1CCCCC1)NC(=O)[C@H](CC#CC)NC(=O)[C@@H](CC(=O)N(C)CCN(C)CC(F)(F)F)Cc1ccccc1. The summed E-state index contributed by atoms with van der Waals surface area (Å²) >= 11 is 0. The van der Waals surface area contributed by atoms with Gasteiger partial charge in [0.15, 0.2) is 0 Å². The maximum absolute atomic E-state index is 13.8. The lowest BCUT2D eigenvalue weighted by molar-refractivity contribution is -0.144. The van der Waals surface area contributed by atoms with Gasteiger partial charge in [-0.1, -0.05) is 62.4 Å². The van der Waals surface area contributed by atoms with E-state index in [1.54, 1.807) is 19.1 Å². The molecule has 12 heteroatoms. The fraction of sp³-hybridized carbons (Fsp3) is 0.658. The summed E-state index contributed by atoms with van der Waals surface area (Å²) in [5.74, 6) is 5.94. The molecule has 50 heavy (non-hydrogen) atoms. The van der Waals surface area contributed by atoms with Crippen LogP contribution in [0.15, 0.2) is 30.3 Å². The molecule has 1 aliphatic carbocycles. The zero-order valence-electron chi connectivity index (χ0n) is 29.7. The summed E-state index contributed by atoms with van der Waals surface area (Å²) in [6.07, 6.45) is 5.40. The zero-order chi connectivity index (χ0) is 37.1. The molecule has 0 spiro atoms. The highest BCUT2D eigenvalue weighted by Gasteiger charge is 2.34. The first-order chi connectivity index (χ1) is 23.7. The lowest BCUT2D eigenvalue weighted by Gasteiger charge is -2.33. The van der Waals surface area contributed by atoms with E-state index >= 15 is 0 Å². The number of halogens is 3. The molecule has 278 valence electrons. The summed E-state index contributed by atoms with van der Waals surface area (Å²) in [5, 5.41) is 27.7. The molecule has 9 nitrogen and oxygen atoms in total. The van der Waals surface area contributed by atoms with Gasteiger partial charge in [-0.15, -0.1) is 24.2 Å². The predicted molar refractivity (Wildman–Crippen MR) is 187 cm³/mol. The lowest BCUT2D eigenvalue weighted by Crippen LogP contribution is -2.56. The van der Waals surface area contributed by atoms with E-state index in [9.17, 15) is 37.8 Å². The van der Waals surface area contributed by atoms with Crippen molar-refractivity contribution in [2.24, 2.45) is 11.8 Å². The van der Waals surface area contributed by atoms with Gasteiger partial charge in [0.2, 0.25) is 17.7 Å². The highest BCUT2D eigenvalue weighted by atomic mass is 19.4. The van der Waals surface area contributed by atoms with E-state index in [-0.39, 0.29) is 44.7 Å². The van der Waals surface area contributed by atoms with Crippen molar-refractivity contribution < 1.29 is 37.8 Å². The quantitative estimate of drug-likeness (QED) is 0.120. The van der Waals surface area contributed by atoms with E-state index in [1.165, 1.54) is 19.0 Å². The Hall–Kier alpha value is -3.58. The van der Waals surface area contributed by atoms with Gasteiger partial charge in [-0.2, -0.15) is 13.2 Å². The third-order valence-corrected chi connectivity index (χ3v) is 9.19. The zero-order valence-corrected chi connectivity index (χ0v) is 29.7. The van der Waals surface area contributed by atoms with Crippen LogP contribution in [-0.2, 0) is 20.8 Å². The van der Waals surface area contributed by atoms with E-state index in [2.05, 4.69) is 28.4 Å². The molecule has 5 atom stereocenters. The Morgan fingerprint density at radius 3 is 2.32 bits per heavy atom. The lowest BCUT2D eigenvalue weighted by atomic mass is 9.82. The van der Waals surface area contributed by atoms with Crippen molar-refractivity contribution >= 4 is 17.7 Å². The molecule has 0 radical (unpaired) electrons. The average Bonchev–Trinajstić information content (AvgIpc) is 3.08. The van der Waals surface area contributed by atoms with Gasteiger partial charge in [0.25, 0.3) is 0 Å². The van der Waals surface area contributed by atoms with E-state index in [4.69, 9.17) is 6.42 Å². The molecule has 3 amide bonds. The fourth-order valence-corrected chi connectivity index (χ4v) is 6.26. The predicted octanol–water partition coefficient (Wildman–Crippen LogP) is 4.07. The number of nitrogens with one attached hydrogen (secondary N) is 2. The minimum Gasteiger partial charge on any atom is -0.390 e. The second-order valence-corrected chi connectivity index (χ2v) is 13.5. The van der Waals surface area contributed by atoms with Gasteiger partial charge in [0, 0.05) is 39.4 Å². The summed E-state index contributed by atoms with van der Waals surface area (Å²) in [5.41, 5.74) is 0.789. The van der Waals surface area contributed by atoms with Crippen LogP contribution in [0.5, 0.6) is 0 Å². The molecule has 0 saturated heterocycles. The molecule has 1 aromatic carbocycles. The first-order valence-electron chi connectivity index (χ1n) is 17.6. The maximum atomic E-state index is 13.8. The number of alkyl halides is 3. The van der Waals surface area contributed by atoms with Crippen LogP contribution in [0.1, 0.15) is 83.1 Å². The van der Waals surface area contributed by atoms with Crippen molar-refractivity contribution in [2.45, 2.75) is 114 Å². The van der Waals surface area contributed by atoms with Gasteiger partial charge in [-0.25, -0.2) is 0 Å². The van der Waals surface area contributed by atoms with Crippen molar-refractivity contribution in [1.29, 1.82) is 0 Å². The minimum absolute atomic E-state index is 0.0122. The Morgan fingerprint density at radius 2 is 1.70 bits per heavy atom. The molecule has 0 aromatic heterocycles. The number of aliphatic hydroxyl groups excluding tert-OH is 2. The summed E-state index contributed by atoms with van der Waals surface area (Å²) < 4.78 is 38.3. The molecular weight excluding hydrogens is 649 g/mol. The number of rotatable bonds is 20. The molecule has 4 N–H and O–H groups in total. The normalized spacial score (nSPS) is 16.6. The van der Waals surface area contributed by atoms with E-state index in [0.717, 1.165) is 42.6 Å². The third-order valence-electron chi connectivity index (χ3n) is 9.19. The van der Waals surface area contributed by atoms with Crippen LogP contribution in [0.3, 0.4) is 0 Å². The van der Waals surface area contributed by atoms with E-state index in [0.29, 0.717) is 19.3 Å². The van der Waals surface area contributed by atoms with Crippen LogP contribution in [0, 0.1) is 36.0 Å². The van der Waals surface area contributed by atoms with Crippen molar-refractivity contribution in [3.8, 4) is 24.2 Å². The van der Waals surface area contributed by atoms with Gasteiger partial charge in [0.1, 0.15) is 6.04 Å². The standard InChI is InChI=1S/C38H55F3N4O5/c1-5-7-11-21-33(46)35(48)32(25-29-18-14-10-15-19-29)43-37(50)31(20-8-6-2)42-36(49)30(24-28-16-12-9-13-17-28)26-34(47)45(4)23-22-44(3)27-38(39,40)41/h1,9,12-13,16-17,29-33,35,46,48H,7,10-11,14-15,18-27H2,2-4H3,(H,42,49)(H,43,50)/t30-,31+,32+,33+,35-/m1/s1. The number of carbonyl (C=O) groups excluding carboxylic acids is 3. The van der Waals surface area contributed by atoms with Gasteiger partial charge in [-0.3, -0.25) is 19.3 Å². The number of hydrogen-bond acceptors (Lipinski definition) is 6. The van der Waals surface area contributed by atoms with Crippen molar-refractivity contribution in [2.75, 3.05) is 33.7 Å². The van der Waals surface area contributed by atoms with Crippen LogP contribution in [-0.4, -0.2) is 102 Å².